The van der Waals surface area contributed by atoms with Gasteiger partial charge in [-0.25, -0.2) is 0 Å². The molecular formula is C19H33NOSn. The van der Waals surface area contributed by atoms with Crippen LogP contribution in [0.5, 0.6) is 5.75 Å². The molecule has 0 aliphatic heterocycles. The van der Waals surface area contributed by atoms with Crippen molar-refractivity contribution in [2.75, 3.05) is 7.11 Å². The fourth-order valence-electron chi connectivity index (χ4n) is 2.95. The van der Waals surface area contributed by atoms with Crippen LogP contribution < -0.4 is 8.45 Å². The van der Waals surface area contributed by atoms with E-state index in [0.29, 0.717) is 3.43 Å². The fourth-order valence-corrected chi connectivity index (χ4v) is 7.93. The van der Waals surface area contributed by atoms with Gasteiger partial charge in [0.25, 0.3) is 0 Å². The first-order valence-electron chi connectivity index (χ1n) is 8.98. The van der Waals surface area contributed by atoms with Crippen molar-refractivity contribution < 1.29 is 4.74 Å². The zero-order chi connectivity index (χ0) is 16.3. The third-order valence-corrected chi connectivity index (χ3v) is 9.62. The molecule has 2 nitrogen and oxygen atoms in total. The van der Waals surface area contributed by atoms with E-state index in [1.165, 1.54) is 61.5 Å². The molecule has 0 saturated heterocycles. The summed E-state index contributed by atoms with van der Waals surface area (Å²) in [5, 5.41) is 0. The third kappa shape index (κ3) is 6.89. The molecular weight excluding hydrogens is 377 g/mol. The van der Waals surface area contributed by atoms with Crippen molar-refractivity contribution in [2.45, 2.75) is 82.0 Å². The van der Waals surface area contributed by atoms with E-state index in [9.17, 15) is 0 Å². The van der Waals surface area contributed by atoms with Crippen LogP contribution in [-0.4, -0.2) is 33.2 Å². The summed E-state index contributed by atoms with van der Waals surface area (Å²) in [5.41, 5.74) is 0. The summed E-state index contributed by atoms with van der Waals surface area (Å²) in [4.78, 5) is 4.71. The molecule has 1 heterocycles. The Bertz CT molecular complexity index is 369. The molecule has 1 aromatic heterocycles. The number of pyridine rings is 1. The minimum absolute atomic E-state index is 0.618. The second-order valence-corrected chi connectivity index (χ2v) is 11.5. The number of hydrogen-bond donors (Lipinski definition) is 0. The molecule has 0 saturated carbocycles. The molecule has 0 N–H and O–H groups in total. The van der Waals surface area contributed by atoms with Crippen molar-refractivity contribution in [1.82, 2.24) is 4.98 Å². The van der Waals surface area contributed by atoms with E-state index >= 15 is 0 Å². The van der Waals surface area contributed by atoms with Crippen LogP contribution in [0.15, 0.2) is 18.3 Å². The van der Waals surface area contributed by atoms with Crippen LogP contribution in [-0.2, 0) is 0 Å². The Balaban J connectivity index is 2.87. The zero-order valence-corrected chi connectivity index (χ0v) is 17.8. The molecule has 0 atom stereocenters. The average molecular weight is 410 g/mol. The number of methoxy groups -OCH3 is 1. The van der Waals surface area contributed by atoms with E-state index in [4.69, 9.17) is 9.72 Å². The average Bonchev–Trinajstić information content (AvgIpc) is 2.56. The van der Waals surface area contributed by atoms with Gasteiger partial charge >= 0.3 is 148 Å². The number of hydrogen-bond acceptors (Lipinski definition) is 2. The van der Waals surface area contributed by atoms with Gasteiger partial charge in [-0.3, -0.25) is 0 Å². The van der Waals surface area contributed by atoms with E-state index in [1.54, 1.807) is 7.11 Å². The van der Waals surface area contributed by atoms with Gasteiger partial charge in [0.05, 0.1) is 0 Å². The first-order valence-corrected chi connectivity index (χ1v) is 11.8. The number of nitrogens with zero attached hydrogens (tertiary/aromatic N) is 1. The standard InChI is InChI=1S/C13H27.C6H6NO.Sn/c1-4-7-10-13(11-8-5-2)12-9-6-3;1-8-6-3-2-4-7-5-6;/h4-12H2,1-3H3;2-3,5H,1H3;. The second kappa shape index (κ2) is 11.3. The minimum atomic E-state index is -0.686. The first kappa shape index (κ1) is 19.8. The van der Waals surface area contributed by atoms with Gasteiger partial charge in [-0.15, -0.1) is 0 Å². The summed E-state index contributed by atoms with van der Waals surface area (Å²) in [7, 11) is 1.71. The third-order valence-electron chi connectivity index (χ3n) is 4.39. The van der Waals surface area contributed by atoms with Gasteiger partial charge in [0.2, 0.25) is 0 Å². The van der Waals surface area contributed by atoms with Crippen molar-refractivity contribution in [3.05, 3.63) is 18.3 Å². The molecule has 0 aliphatic carbocycles. The molecule has 1 aromatic rings. The fraction of sp³-hybridized carbons (Fsp3) is 0.737. The molecule has 0 aromatic carbocycles. The van der Waals surface area contributed by atoms with E-state index in [0.717, 1.165) is 5.75 Å². The monoisotopic (exact) mass is 411 g/mol. The van der Waals surface area contributed by atoms with Crippen molar-refractivity contribution in [1.29, 1.82) is 0 Å². The van der Waals surface area contributed by atoms with Gasteiger partial charge in [0, 0.05) is 0 Å². The Morgan fingerprint density at radius 2 is 1.50 bits per heavy atom. The Kier molecular flexibility index (Phi) is 10.2. The molecule has 3 heteroatoms. The molecule has 0 amide bonds. The Morgan fingerprint density at radius 1 is 0.955 bits per heavy atom. The van der Waals surface area contributed by atoms with Crippen molar-refractivity contribution >= 4 is 24.9 Å². The van der Waals surface area contributed by atoms with E-state index in [-0.39, 0.29) is 0 Å². The van der Waals surface area contributed by atoms with Crippen LogP contribution in [0, 0.1) is 0 Å². The van der Waals surface area contributed by atoms with Gasteiger partial charge in [0.15, 0.2) is 0 Å². The summed E-state index contributed by atoms with van der Waals surface area (Å²) >= 11 is -0.686. The van der Waals surface area contributed by atoms with Gasteiger partial charge in [-0.05, 0) is 0 Å². The molecule has 0 spiro atoms. The first-order chi connectivity index (χ1) is 10.7. The quantitative estimate of drug-likeness (QED) is 0.445. The van der Waals surface area contributed by atoms with Gasteiger partial charge in [-0.2, -0.15) is 0 Å². The summed E-state index contributed by atoms with van der Waals surface area (Å²) in [6.07, 6.45) is 14.2. The SMILES string of the molecule is CCCC[C](CCCC)(CCCC)[Sn][c]1ccc(OC)cn1. The van der Waals surface area contributed by atoms with Crippen molar-refractivity contribution in [3.63, 3.8) is 0 Å². The predicted octanol–water partition coefficient (Wildman–Crippen LogP) is 5.15. The molecule has 1 rings (SSSR count). The normalized spacial score (nSPS) is 11.6. The summed E-state index contributed by atoms with van der Waals surface area (Å²) in [6, 6.07) is 4.32. The summed E-state index contributed by atoms with van der Waals surface area (Å²) in [6.45, 7) is 6.96. The zero-order valence-electron chi connectivity index (χ0n) is 15.0. The molecule has 124 valence electrons. The van der Waals surface area contributed by atoms with Crippen LogP contribution >= 0.6 is 0 Å². The molecule has 0 fully saturated rings. The topological polar surface area (TPSA) is 22.1 Å². The van der Waals surface area contributed by atoms with Gasteiger partial charge in [-0.1, -0.05) is 0 Å². The number of rotatable bonds is 12. The molecule has 2 radical (unpaired) electrons. The van der Waals surface area contributed by atoms with Crippen molar-refractivity contribution in [2.24, 2.45) is 0 Å². The Morgan fingerprint density at radius 3 is 1.86 bits per heavy atom. The number of aromatic nitrogens is 1. The van der Waals surface area contributed by atoms with Crippen LogP contribution in [0.3, 0.4) is 0 Å². The Hall–Kier alpha value is -0.251. The molecule has 0 aliphatic rings. The van der Waals surface area contributed by atoms with Crippen LogP contribution in [0.1, 0.15) is 78.6 Å². The van der Waals surface area contributed by atoms with E-state index < -0.39 is 21.1 Å². The summed E-state index contributed by atoms with van der Waals surface area (Å²) < 4.78 is 7.26. The molecule has 22 heavy (non-hydrogen) atoms. The van der Waals surface area contributed by atoms with Crippen LogP contribution in [0.4, 0.5) is 0 Å². The maximum absolute atomic E-state index is 5.25. The Labute approximate surface area is 147 Å². The van der Waals surface area contributed by atoms with E-state index in [1.807, 2.05) is 6.20 Å². The van der Waals surface area contributed by atoms with Gasteiger partial charge in [0.1, 0.15) is 0 Å². The van der Waals surface area contributed by atoms with Crippen LogP contribution in [0.2, 0.25) is 3.43 Å². The van der Waals surface area contributed by atoms with Crippen LogP contribution in [0.25, 0.3) is 0 Å². The number of unbranched alkanes of at least 4 members (excludes halogenated alkanes) is 3. The van der Waals surface area contributed by atoms with E-state index in [2.05, 4.69) is 32.9 Å². The second-order valence-electron chi connectivity index (χ2n) is 6.30. The molecule has 0 bridgehead atoms. The number of ether oxygens (including phenoxy) is 1. The molecule has 0 unspecified atom stereocenters. The predicted molar refractivity (Wildman–Crippen MR) is 97.4 cm³/mol. The maximum atomic E-state index is 5.25. The van der Waals surface area contributed by atoms with Crippen molar-refractivity contribution in [3.8, 4) is 5.75 Å². The van der Waals surface area contributed by atoms with Gasteiger partial charge < -0.3 is 0 Å². The summed E-state index contributed by atoms with van der Waals surface area (Å²) in [5.74, 6) is 0.879.